The third kappa shape index (κ3) is 4.36. The molecule has 0 saturated heterocycles. The molecule has 0 bridgehead atoms. The van der Waals surface area contributed by atoms with Crippen molar-refractivity contribution >= 4 is 11.4 Å². The van der Waals surface area contributed by atoms with Crippen LogP contribution in [0.3, 0.4) is 0 Å². The molecule has 0 atom stereocenters. The molecule has 26 heavy (non-hydrogen) atoms. The number of methoxy groups -OCH3 is 1. The minimum absolute atomic E-state index is 0.0815. The first-order valence-corrected chi connectivity index (χ1v) is 7.37. The Morgan fingerprint density at radius 3 is 2.58 bits per heavy atom. The number of hydrogen-bond acceptors (Lipinski definition) is 6. The third-order valence-electron chi connectivity index (χ3n) is 3.59. The van der Waals surface area contributed by atoms with Gasteiger partial charge in [-0.25, -0.2) is 0 Å². The fourth-order valence-electron chi connectivity index (χ4n) is 2.42. The molecule has 0 saturated carbocycles. The maximum Gasteiger partial charge on any atom is 0.387 e. The Kier molecular flexibility index (Phi) is 5.90. The van der Waals surface area contributed by atoms with Crippen LogP contribution in [0.15, 0.2) is 36.4 Å². The molecule has 2 rings (SSSR count). The molecule has 0 aliphatic carbocycles. The van der Waals surface area contributed by atoms with Crippen LogP contribution in [-0.4, -0.2) is 25.7 Å². The summed E-state index contributed by atoms with van der Waals surface area (Å²) in [7, 11) is 3.04. The largest absolute Gasteiger partial charge is 0.493 e. The zero-order chi connectivity index (χ0) is 19.3. The molecular weight excluding hydrogens is 348 g/mol. The van der Waals surface area contributed by atoms with E-state index in [-0.39, 0.29) is 22.7 Å². The first-order chi connectivity index (χ1) is 12.3. The Morgan fingerprint density at radius 1 is 1.27 bits per heavy atom. The van der Waals surface area contributed by atoms with Crippen molar-refractivity contribution in [3.63, 3.8) is 0 Å². The van der Waals surface area contributed by atoms with E-state index in [2.05, 4.69) is 4.74 Å². The monoisotopic (exact) mass is 363 g/mol. The standard InChI is InChI=1S/C17H15F2N3O4/c1-21(14-5-4-13(22(23)24)8-12(14)9-20)10-11-3-6-15(26-17(18)19)16(7-11)25-2/h3-8,17H,10H2,1-2H3. The molecule has 0 aromatic heterocycles. The van der Waals surface area contributed by atoms with E-state index >= 15 is 0 Å². The van der Waals surface area contributed by atoms with Crippen molar-refractivity contribution in [1.29, 1.82) is 5.26 Å². The van der Waals surface area contributed by atoms with Gasteiger partial charge < -0.3 is 14.4 Å². The molecule has 0 unspecified atom stereocenters. The molecular formula is C17H15F2N3O4. The average Bonchev–Trinajstić information content (AvgIpc) is 2.61. The van der Waals surface area contributed by atoms with Crippen molar-refractivity contribution in [3.8, 4) is 17.6 Å². The van der Waals surface area contributed by atoms with Gasteiger partial charge in [-0.2, -0.15) is 14.0 Å². The van der Waals surface area contributed by atoms with E-state index in [9.17, 15) is 24.2 Å². The van der Waals surface area contributed by atoms with Gasteiger partial charge in [-0.3, -0.25) is 10.1 Å². The molecule has 0 amide bonds. The van der Waals surface area contributed by atoms with Crippen molar-refractivity contribution in [3.05, 3.63) is 57.6 Å². The van der Waals surface area contributed by atoms with Crippen LogP contribution in [0.2, 0.25) is 0 Å². The first kappa shape index (κ1) is 18.9. The molecule has 2 aromatic rings. The lowest BCUT2D eigenvalue weighted by molar-refractivity contribution is -0.384. The van der Waals surface area contributed by atoms with E-state index in [4.69, 9.17) is 4.74 Å². The zero-order valence-electron chi connectivity index (χ0n) is 14.0. The Labute approximate surface area is 148 Å². The fourth-order valence-corrected chi connectivity index (χ4v) is 2.42. The highest BCUT2D eigenvalue weighted by atomic mass is 19.3. The smallest absolute Gasteiger partial charge is 0.387 e. The van der Waals surface area contributed by atoms with Gasteiger partial charge in [0.15, 0.2) is 11.5 Å². The number of benzene rings is 2. The molecule has 0 aliphatic heterocycles. The van der Waals surface area contributed by atoms with E-state index < -0.39 is 11.5 Å². The predicted octanol–water partition coefficient (Wildman–Crippen LogP) is 3.71. The topological polar surface area (TPSA) is 88.6 Å². The number of nitro benzene ring substituents is 1. The highest BCUT2D eigenvalue weighted by Crippen LogP contribution is 2.31. The third-order valence-corrected chi connectivity index (χ3v) is 3.59. The van der Waals surface area contributed by atoms with Crippen LogP contribution < -0.4 is 14.4 Å². The van der Waals surface area contributed by atoms with Crippen LogP contribution in [0, 0.1) is 21.4 Å². The van der Waals surface area contributed by atoms with Gasteiger partial charge in [0.25, 0.3) is 5.69 Å². The van der Waals surface area contributed by atoms with Crippen molar-refractivity contribution in [2.45, 2.75) is 13.2 Å². The van der Waals surface area contributed by atoms with Crippen LogP contribution in [-0.2, 0) is 6.54 Å². The number of non-ortho nitro benzene ring substituents is 1. The molecule has 136 valence electrons. The number of anilines is 1. The quantitative estimate of drug-likeness (QED) is 0.550. The minimum atomic E-state index is -2.96. The summed E-state index contributed by atoms with van der Waals surface area (Å²) >= 11 is 0. The van der Waals surface area contributed by atoms with Crippen LogP contribution >= 0.6 is 0 Å². The van der Waals surface area contributed by atoms with Crippen LogP contribution in [0.25, 0.3) is 0 Å². The Hall–Kier alpha value is -3.41. The summed E-state index contributed by atoms with van der Waals surface area (Å²) < 4.78 is 34.2. The van der Waals surface area contributed by atoms with Gasteiger partial charge in [-0.1, -0.05) is 6.07 Å². The Balaban J connectivity index is 2.26. The maximum absolute atomic E-state index is 12.4. The van der Waals surface area contributed by atoms with Gasteiger partial charge >= 0.3 is 6.61 Å². The van der Waals surface area contributed by atoms with Gasteiger partial charge in [0.2, 0.25) is 0 Å². The van der Waals surface area contributed by atoms with Gasteiger partial charge in [0, 0.05) is 25.7 Å². The van der Waals surface area contributed by atoms with E-state index in [1.165, 1.54) is 31.4 Å². The summed E-state index contributed by atoms with van der Waals surface area (Å²) in [6.07, 6.45) is 0. The Bertz CT molecular complexity index is 852. The SMILES string of the molecule is COc1cc(CN(C)c2ccc([N+](=O)[O-])cc2C#N)ccc1OC(F)F. The Morgan fingerprint density at radius 2 is 2.00 bits per heavy atom. The molecule has 0 N–H and O–H groups in total. The molecule has 0 fully saturated rings. The maximum atomic E-state index is 12.4. The molecule has 0 spiro atoms. The molecule has 7 nitrogen and oxygen atoms in total. The zero-order valence-corrected chi connectivity index (χ0v) is 14.0. The summed E-state index contributed by atoms with van der Waals surface area (Å²) in [6.45, 7) is -2.65. The normalized spacial score (nSPS) is 10.3. The summed E-state index contributed by atoms with van der Waals surface area (Å²) in [6, 6.07) is 10.4. The second kappa shape index (κ2) is 8.11. The van der Waals surface area contributed by atoms with Crippen LogP contribution in [0.1, 0.15) is 11.1 Å². The second-order valence-corrected chi connectivity index (χ2v) is 5.29. The van der Waals surface area contributed by atoms with Crippen molar-refractivity contribution in [1.82, 2.24) is 0 Å². The van der Waals surface area contributed by atoms with Gasteiger partial charge in [-0.05, 0) is 23.8 Å². The average molecular weight is 363 g/mol. The van der Waals surface area contributed by atoms with Gasteiger partial charge in [0.1, 0.15) is 6.07 Å². The number of nitriles is 1. The number of rotatable bonds is 7. The van der Waals surface area contributed by atoms with Crippen molar-refractivity contribution in [2.75, 3.05) is 19.1 Å². The lowest BCUT2D eigenvalue weighted by atomic mass is 10.1. The molecule has 0 radical (unpaired) electrons. The number of nitrogens with zero attached hydrogens (tertiary/aromatic N) is 3. The van der Waals surface area contributed by atoms with E-state index in [1.54, 1.807) is 24.1 Å². The summed E-state index contributed by atoms with van der Waals surface area (Å²) in [4.78, 5) is 12.0. The highest BCUT2D eigenvalue weighted by Gasteiger charge is 2.15. The minimum Gasteiger partial charge on any atom is -0.493 e. The summed E-state index contributed by atoms with van der Waals surface area (Å²) in [5, 5.41) is 20.1. The van der Waals surface area contributed by atoms with E-state index in [1.807, 2.05) is 6.07 Å². The summed E-state index contributed by atoms with van der Waals surface area (Å²) in [5.41, 5.74) is 1.21. The lowest BCUT2D eigenvalue weighted by Gasteiger charge is -2.21. The number of alkyl halides is 2. The molecule has 9 heteroatoms. The van der Waals surface area contributed by atoms with Crippen molar-refractivity contribution in [2.24, 2.45) is 0 Å². The number of ether oxygens (including phenoxy) is 2. The van der Waals surface area contributed by atoms with E-state index in [0.29, 0.717) is 17.8 Å². The van der Waals surface area contributed by atoms with Gasteiger partial charge in [0.05, 0.1) is 23.3 Å². The molecule has 0 heterocycles. The predicted molar refractivity (Wildman–Crippen MR) is 89.5 cm³/mol. The lowest BCUT2D eigenvalue weighted by Crippen LogP contribution is -2.17. The first-order valence-electron chi connectivity index (χ1n) is 7.37. The van der Waals surface area contributed by atoms with Crippen molar-refractivity contribution < 1.29 is 23.2 Å². The number of hydrogen-bond donors (Lipinski definition) is 0. The fraction of sp³-hybridized carbons (Fsp3) is 0.235. The van der Waals surface area contributed by atoms with Crippen LogP contribution in [0.5, 0.6) is 11.5 Å². The molecule has 2 aromatic carbocycles. The van der Waals surface area contributed by atoms with Gasteiger partial charge in [-0.15, -0.1) is 0 Å². The van der Waals surface area contributed by atoms with Crippen LogP contribution in [0.4, 0.5) is 20.2 Å². The molecule has 0 aliphatic rings. The highest BCUT2D eigenvalue weighted by molar-refractivity contribution is 5.62. The number of halogens is 2. The summed E-state index contributed by atoms with van der Waals surface area (Å²) in [5.74, 6) is 0.0716. The number of nitro groups is 1. The second-order valence-electron chi connectivity index (χ2n) is 5.29. The van der Waals surface area contributed by atoms with E-state index in [0.717, 1.165) is 0 Å².